The number of likely N-dealkylation sites (N-methyl/N-ethyl adjacent to an activating group) is 1. The van der Waals surface area contributed by atoms with Crippen molar-refractivity contribution < 1.29 is 14.1 Å². The minimum Gasteiger partial charge on any atom is -0.361 e. The van der Waals surface area contributed by atoms with E-state index in [-0.39, 0.29) is 11.6 Å². The number of nitrogens with zero attached hydrogens (tertiary/aromatic N) is 4. The van der Waals surface area contributed by atoms with Crippen molar-refractivity contribution in [1.82, 2.24) is 9.61 Å². The molecular weight excluding hydrogens is 354 g/mol. The molecule has 0 bridgehead atoms. The number of allylic oxidation sites excluding steroid dienone is 2. The van der Waals surface area contributed by atoms with Crippen LogP contribution >= 0.6 is 0 Å². The van der Waals surface area contributed by atoms with Gasteiger partial charge in [0.1, 0.15) is 11.4 Å². The number of anilines is 1. The second kappa shape index (κ2) is 7.31. The first kappa shape index (κ1) is 18.6. The summed E-state index contributed by atoms with van der Waals surface area (Å²) in [4.78, 5) is 28.8. The summed E-state index contributed by atoms with van der Waals surface area (Å²) in [5.74, 6) is -0.439. The smallest absolute Gasteiger partial charge is 0.191 e. The predicted octanol–water partition coefficient (Wildman–Crippen LogP) is 2.40. The van der Waals surface area contributed by atoms with Crippen molar-refractivity contribution in [3.8, 4) is 0 Å². The van der Waals surface area contributed by atoms with Crippen LogP contribution in [0.2, 0.25) is 0 Å². The van der Waals surface area contributed by atoms with Gasteiger partial charge in [-0.05, 0) is 31.2 Å². The Morgan fingerprint density at radius 3 is 2.82 bits per heavy atom. The van der Waals surface area contributed by atoms with Crippen molar-refractivity contribution in [2.75, 3.05) is 38.5 Å². The zero-order valence-corrected chi connectivity index (χ0v) is 16.4. The minimum atomic E-state index is -0.679. The Morgan fingerprint density at radius 1 is 1.25 bits per heavy atom. The number of likely N-dealkylation sites (tertiary alicyclic amines) is 1. The fourth-order valence-corrected chi connectivity index (χ4v) is 3.93. The summed E-state index contributed by atoms with van der Waals surface area (Å²) in [6, 6.07) is 5.76. The number of hydrogen-bond donors (Lipinski definition) is 1. The third-order valence-electron chi connectivity index (χ3n) is 5.81. The molecule has 1 unspecified atom stereocenters. The van der Waals surface area contributed by atoms with Crippen LogP contribution in [0.25, 0.3) is 5.52 Å². The molecule has 1 fully saturated rings. The summed E-state index contributed by atoms with van der Waals surface area (Å²) in [7, 11) is 2.30. The fourth-order valence-electron chi connectivity index (χ4n) is 3.93. The summed E-state index contributed by atoms with van der Waals surface area (Å²) in [6.45, 7) is 5.87. The number of hydrogen-bond acceptors (Lipinski definition) is 5. The highest BCUT2D eigenvalue weighted by Gasteiger charge is 2.28. The molecule has 0 radical (unpaired) electrons. The average molecular weight is 380 g/mol. The number of quaternary nitrogens is 1. The molecule has 7 nitrogen and oxygen atoms in total. The maximum atomic E-state index is 12.5. The van der Waals surface area contributed by atoms with Crippen molar-refractivity contribution >= 4 is 34.3 Å². The van der Waals surface area contributed by atoms with E-state index in [0.717, 1.165) is 23.1 Å². The van der Waals surface area contributed by atoms with Gasteiger partial charge in [0.05, 0.1) is 44.7 Å². The lowest BCUT2D eigenvalue weighted by molar-refractivity contribution is -0.895. The van der Waals surface area contributed by atoms with E-state index in [1.165, 1.54) is 38.1 Å². The molecule has 28 heavy (non-hydrogen) atoms. The van der Waals surface area contributed by atoms with Crippen LogP contribution in [0, 0.1) is 5.92 Å². The minimum absolute atomic E-state index is 0.176. The molecule has 0 spiro atoms. The van der Waals surface area contributed by atoms with Crippen LogP contribution in [0.4, 0.5) is 11.5 Å². The first-order chi connectivity index (χ1) is 13.5. The molecule has 1 atom stereocenters. The molecule has 2 aromatic rings. The Bertz CT molecular complexity index is 982. The molecule has 3 heterocycles. The van der Waals surface area contributed by atoms with Crippen LogP contribution < -0.4 is 5.32 Å². The predicted molar refractivity (Wildman–Crippen MR) is 109 cm³/mol. The van der Waals surface area contributed by atoms with Gasteiger partial charge in [-0.3, -0.25) is 9.59 Å². The average Bonchev–Trinajstić information content (AvgIpc) is 3.26. The SMILES string of the molecule is CC1C(=O)C=CC(=Nc2c(NCC[N+]3(C)CCCC3)nn3ccccc23)C1=O. The van der Waals surface area contributed by atoms with Crippen molar-refractivity contribution in [2.45, 2.75) is 19.8 Å². The molecule has 0 saturated carbocycles. The molecule has 0 aromatic carbocycles. The van der Waals surface area contributed by atoms with Crippen LogP contribution in [0.1, 0.15) is 19.8 Å². The Morgan fingerprint density at radius 2 is 2.04 bits per heavy atom. The number of ketones is 2. The van der Waals surface area contributed by atoms with Crippen LogP contribution in [-0.2, 0) is 9.59 Å². The number of rotatable bonds is 5. The van der Waals surface area contributed by atoms with Gasteiger partial charge in [-0.1, -0.05) is 6.07 Å². The van der Waals surface area contributed by atoms with Crippen LogP contribution in [0.3, 0.4) is 0 Å². The van der Waals surface area contributed by atoms with Gasteiger partial charge in [-0.2, -0.15) is 0 Å². The Hall–Kier alpha value is -2.80. The van der Waals surface area contributed by atoms with Gasteiger partial charge in [0.2, 0.25) is 0 Å². The second-order valence-corrected chi connectivity index (χ2v) is 7.97. The molecule has 1 N–H and O–H groups in total. The van der Waals surface area contributed by atoms with E-state index in [1.807, 2.05) is 24.4 Å². The summed E-state index contributed by atoms with van der Waals surface area (Å²) < 4.78 is 2.84. The standard InChI is InChI=1S/C21H26N5O2/c1-15-18(27)9-8-16(20(15)28)23-19-17-7-3-4-11-25(17)24-21(19)22-10-14-26(2)12-5-6-13-26/h3-4,7-9,11,15H,5-6,10,12-14H2,1-2H3,(H,22,24)/q+1. The second-order valence-electron chi connectivity index (χ2n) is 7.97. The van der Waals surface area contributed by atoms with Gasteiger partial charge in [-0.15, -0.1) is 5.10 Å². The maximum Gasteiger partial charge on any atom is 0.191 e. The van der Waals surface area contributed by atoms with E-state index in [1.54, 1.807) is 11.4 Å². The number of Topliss-reactive ketones (excluding diaryl/α,β-unsaturated/α-hetero) is 1. The molecule has 1 aliphatic carbocycles. The van der Waals surface area contributed by atoms with E-state index in [9.17, 15) is 9.59 Å². The van der Waals surface area contributed by atoms with Crippen LogP contribution in [0.5, 0.6) is 0 Å². The number of aliphatic imine (C=N–C) groups is 1. The zero-order chi connectivity index (χ0) is 19.7. The molecule has 1 saturated heterocycles. The molecule has 146 valence electrons. The number of nitrogens with one attached hydrogen (secondary N) is 1. The topological polar surface area (TPSA) is 75.8 Å². The van der Waals surface area contributed by atoms with E-state index < -0.39 is 5.92 Å². The molecule has 0 amide bonds. The highest BCUT2D eigenvalue weighted by atomic mass is 16.2. The zero-order valence-electron chi connectivity index (χ0n) is 16.4. The lowest BCUT2D eigenvalue weighted by atomic mass is 9.92. The van der Waals surface area contributed by atoms with Crippen molar-refractivity contribution in [3.05, 3.63) is 36.5 Å². The lowest BCUT2D eigenvalue weighted by Crippen LogP contribution is -2.44. The maximum absolute atomic E-state index is 12.5. The van der Waals surface area contributed by atoms with E-state index in [4.69, 9.17) is 0 Å². The summed E-state index contributed by atoms with van der Waals surface area (Å²) >= 11 is 0. The molecule has 2 aliphatic rings. The summed E-state index contributed by atoms with van der Waals surface area (Å²) in [6.07, 6.45) is 7.38. The van der Waals surface area contributed by atoms with Crippen LogP contribution in [-0.4, -0.2) is 64.6 Å². The van der Waals surface area contributed by atoms with Crippen molar-refractivity contribution in [3.63, 3.8) is 0 Å². The third kappa shape index (κ3) is 3.49. The Kier molecular flexibility index (Phi) is 4.85. The Labute approximate surface area is 164 Å². The van der Waals surface area contributed by atoms with Gasteiger partial charge < -0.3 is 9.80 Å². The first-order valence-corrected chi connectivity index (χ1v) is 9.86. The van der Waals surface area contributed by atoms with Gasteiger partial charge in [0.25, 0.3) is 0 Å². The molecular formula is C21H26N5O2+. The lowest BCUT2D eigenvalue weighted by Gasteiger charge is -2.29. The normalized spacial score (nSPS) is 23.1. The van der Waals surface area contributed by atoms with Crippen LogP contribution in [0.15, 0.2) is 41.5 Å². The fraction of sp³-hybridized carbons (Fsp3) is 0.429. The third-order valence-corrected chi connectivity index (χ3v) is 5.81. The largest absolute Gasteiger partial charge is 0.361 e. The van der Waals surface area contributed by atoms with Gasteiger partial charge in [0.15, 0.2) is 17.4 Å². The van der Waals surface area contributed by atoms with Crippen molar-refractivity contribution in [2.24, 2.45) is 10.9 Å². The van der Waals surface area contributed by atoms with E-state index in [2.05, 4.69) is 22.5 Å². The van der Waals surface area contributed by atoms with E-state index in [0.29, 0.717) is 17.2 Å². The summed E-state index contributed by atoms with van der Waals surface area (Å²) in [5, 5.41) is 8.04. The molecule has 4 rings (SSSR count). The van der Waals surface area contributed by atoms with Crippen molar-refractivity contribution in [1.29, 1.82) is 0 Å². The number of carbonyl (C=O) groups is 2. The van der Waals surface area contributed by atoms with Gasteiger partial charge >= 0.3 is 0 Å². The molecule has 2 aromatic heterocycles. The molecule has 1 aliphatic heterocycles. The number of carbonyl (C=O) groups excluding carboxylic acids is 2. The number of aromatic nitrogens is 2. The monoisotopic (exact) mass is 380 g/mol. The van der Waals surface area contributed by atoms with Gasteiger partial charge in [0, 0.05) is 19.0 Å². The number of pyridine rings is 1. The first-order valence-electron chi connectivity index (χ1n) is 9.86. The highest BCUT2D eigenvalue weighted by Crippen LogP contribution is 2.31. The quantitative estimate of drug-likeness (QED) is 0.638. The van der Waals surface area contributed by atoms with Gasteiger partial charge in [-0.25, -0.2) is 9.51 Å². The van der Waals surface area contributed by atoms with E-state index >= 15 is 0 Å². The Balaban J connectivity index is 1.64. The molecule has 7 heteroatoms. The summed E-state index contributed by atoms with van der Waals surface area (Å²) in [5.41, 5.74) is 1.76. The highest BCUT2D eigenvalue weighted by molar-refractivity contribution is 6.50. The number of fused-ring (bicyclic) bond motifs is 1.